The maximum atomic E-state index is 10.2. The summed E-state index contributed by atoms with van der Waals surface area (Å²) in [6, 6.07) is 5.98. The highest BCUT2D eigenvalue weighted by Gasteiger charge is 2.31. The molecule has 2 heterocycles. The van der Waals surface area contributed by atoms with Crippen molar-refractivity contribution >= 4 is 0 Å². The quantitative estimate of drug-likeness (QED) is 0.864. The second-order valence-electron chi connectivity index (χ2n) is 5.46. The van der Waals surface area contributed by atoms with Crippen LogP contribution >= 0.6 is 0 Å². The lowest BCUT2D eigenvalue weighted by Crippen LogP contribution is -2.40. The molecule has 2 N–H and O–H groups in total. The van der Waals surface area contributed by atoms with Gasteiger partial charge < -0.3 is 24.6 Å². The van der Waals surface area contributed by atoms with Crippen molar-refractivity contribution in [1.82, 2.24) is 5.32 Å². The number of fused-ring (bicyclic) bond motifs is 1. The fourth-order valence-corrected chi connectivity index (χ4v) is 2.49. The molecule has 110 valence electrons. The lowest BCUT2D eigenvalue weighted by atomic mass is 10.0. The van der Waals surface area contributed by atoms with Gasteiger partial charge in [0.15, 0.2) is 11.5 Å². The van der Waals surface area contributed by atoms with Crippen LogP contribution in [0.25, 0.3) is 0 Å². The topological polar surface area (TPSA) is 60.0 Å². The minimum Gasteiger partial charge on any atom is -0.490 e. The van der Waals surface area contributed by atoms with Crippen LogP contribution in [0.3, 0.4) is 0 Å². The Bertz CT molecular complexity index is 457. The van der Waals surface area contributed by atoms with Gasteiger partial charge >= 0.3 is 0 Å². The van der Waals surface area contributed by atoms with Gasteiger partial charge in [-0.15, -0.1) is 0 Å². The lowest BCUT2D eigenvalue weighted by Gasteiger charge is -2.20. The molecule has 1 saturated heterocycles. The molecule has 1 aromatic rings. The van der Waals surface area contributed by atoms with Crippen molar-refractivity contribution in [2.24, 2.45) is 0 Å². The molecule has 1 fully saturated rings. The van der Waals surface area contributed by atoms with Gasteiger partial charge in [0.05, 0.1) is 19.8 Å². The fraction of sp³-hybridized carbons (Fsp3) is 0.600. The first-order chi connectivity index (χ1) is 9.75. The Hall–Kier alpha value is -1.30. The predicted molar refractivity (Wildman–Crippen MR) is 74.1 cm³/mol. The maximum Gasteiger partial charge on any atom is 0.161 e. The summed E-state index contributed by atoms with van der Waals surface area (Å²) in [5, 5.41) is 13.4. The molecule has 2 aliphatic heterocycles. The fourth-order valence-electron chi connectivity index (χ4n) is 2.49. The molecule has 1 atom stereocenters. The molecule has 0 aromatic heterocycles. The van der Waals surface area contributed by atoms with Crippen molar-refractivity contribution in [3.63, 3.8) is 0 Å². The highest BCUT2D eigenvalue weighted by molar-refractivity contribution is 5.43. The van der Waals surface area contributed by atoms with E-state index in [1.54, 1.807) is 0 Å². The largest absolute Gasteiger partial charge is 0.490 e. The summed E-state index contributed by atoms with van der Waals surface area (Å²) in [4.78, 5) is 0. The third-order valence-electron chi connectivity index (χ3n) is 3.68. The van der Waals surface area contributed by atoms with E-state index in [2.05, 4.69) is 5.32 Å². The third kappa shape index (κ3) is 3.23. The summed E-state index contributed by atoms with van der Waals surface area (Å²) in [7, 11) is 0. The first kappa shape index (κ1) is 13.7. The summed E-state index contributed by atoms with van der Waals surface area (Å²) in [6.45, 7) is 3.70. The number of hydrogen-bond acceptors (Lipinski definition) is 5. The molecule has 0 bridgehead atoms. The first-order valence-corrected chi connectivity index (χ1v) is 7.15. The molecule has 1 unspecified atom stereocenters. The molecule has 0 radical (unpaired) electrons. The molecular formula is C15H21NO4. The van der Waals surface area contributed by atoms with E-state index < -0.39 is 5.60 Å². The molecule has 1 aromatic carbocycles. The van der Waals surface area contributed by atoms with Crippen LogP contribution in [0.4, 0.5) is 0 Å². The van der Waals surface area contributed by atoms with Gasteiger partial charge in [0, 0.05) is 32.5 Å². The minimum atomic E-state index is -0.717. The summed E-state index contributed by atoms with van der Waals surface area (Å²) in [5.74, 6) is 1.62. The van der Waals surface area contributed by atoms with Crippen LogP contribution in [0, 0.1) is 0 Å². The zero-order valence-electron chi connectivity index (χ0n) is 11.6. The van der Waals surface area contributed by atoms with Gasteiger partial charge in [-0.05, 0) is 17.7 Å². The van der Waals surface area contributed by atoms with Crippen molar-refractivity contribution in [1.29, 1.82) is 0 Å². The number of rotatable bonds is 4. The molecule has 0 aliphatic carbocycles. The van der Waals surface area contributed by atoms with E-state index in [1.807, 2.05) is 18.2 Å². The van der Waals surface area contributed by atoms with Gasteiger partial charge in [-0.3, -0.25) is 0 Å². The normalized spacial score (nSPS) is 25.4. The van der Waals surface area contributed by atoms with E-state index in [0.717, 1.165) is 23.5 Å². The summed E-state index contributed by atoms with van der Waals surface area (Å²) in [5.41, 5.74) is 0.405. The zero-order valence-corrected chi connectivity index (χ0v) is 11.6. The Labute approximate surface area is 118 Å². The number of ether oxygens (including phenoxy) is 3. The van der Waals surface area contributed by atoms with Crippen LogP contribution in [-0.4, -0.2) is 43.7 Å². The van der Waals surface area contributed by atoms with Crippen LogP contribution < -0.4 is 14.8 Å². The summed E-state index contributed by atoms with van der Waals surface area (Å²) in [6.07, 6.45) is 1.61. The third-order valence-corrected chi connectivity index (χ3v) is 3.68. The molecule has 5 heteroatoms. The Kier molecular flexibility index (Phi) is 4.10. The van der Waals surface area contributed by atoms with Crippen LogP contribution in [0.15, 0.2) is 18.2 Å². The molecular weight excluding hydrogens is 258 g/mol. The van der Waals surface area contributed by atoms with Gasteiger partial charge in [-0.2, -0.15) is 0 Å². The van der Waals surface area contributed by atoms with Crippen LogP contribution in [0.2, 0.25) is 0 Å². The monoisotopic (exact) mass is 279 g/mol. The number of aliphatic hydroxyl groups is 1. The average molecular weight is 279 g/mol. The van der Waals surface area contributed by atoms with Gasteiger partial charge in [-0.1, -0.05) is 6.07 Å². The number of hydrogen-bond donors (Lipinski definition) is 2. The van der Waals surface area contributed by atoms with Crippen molar-refractivity contribution in [2.45, 2.75) is 25.0 Å². The van der Waals surface area contributed by atoms with E-state index in [4.69, 9.17) is 14.2 Å². The second-order valence-corrected chi connectivity index (χ2v) is 5.46. The Morgan fingerprint density at radius 1 is 1.15 bits per heavy atom. The SMILES string of the molecule is OC1(CNCc2ccc3c(c2)OCCCO3)CCOC1. The first-order valence-electron chi connectivity index (χ1n) is 7.15. The van der Waals surface area contributed by atoms with E-state index in [0.29, 0.717) is 45.9 Å². The van der Waals surface area contributed by atoms with Crippen molar-refractivity contribution in [3.8, 4) is 11.5 Å². The van der Waals surface area contributed by atoms with E-state index in [-0.39, 0.29) is 0 Å². The lowest BCUT2D eigenvalue weighted by molar-refractivity contribution is 0.0268. The standard InChI is InChI=1S/C15H21NO4/c17-15(4-7-18-11-15)10-16-9-12-2-3-13-14(8-12)20-6-1-5-19-13/h2-3,8,16-17H,1,4-7,9-11H2. The van der Waals surface area contributed by atoms with E-state index in [1.165, 1.54) is 0 Å². The average Bonchev–Trinajstić information content (AvgIpc) is 2.74. The Balaban J connectivity index is 1.56. The number of benzene rings is 1. The Morgan fingerprint density at radius 3 is 2.80 bits per heavy atom. The van der Waals surface area contributed by atoms with Gasteiger partial charge in [-0.25, -0.2) is 0 Å². The molecule has 0 spiro atoms. The van der Waals surface area contributed by atoms with Crippen LogP contribution in [0.5, 0.6) is 11.5 Å². The molecule has 0 amide bonds. The van der Waals surface area contributed by atoms with Crippen molar-refractivity contribution in [3.05, 3.63) is 23.8 Å². The molecule has 20 heavy (non-hydrogen) atoms. The number of nitrogens with one attached hydrogen (secondary N) is 1. The van der Waals surface area contributed by atoms with Crippen LogP contribution in [0.1, 0.15) is 18.4 Å². The van der Waals surface area contributed by atoms with E-state index >= 15 is 0 Å². The predicted octanol–water partition coefficient (Wildman–Crippen LogP) is 1.09. The summed E-state index contributed by atoms with van der Waals surface area (Å²) < 4.78 is 16.5. The summed E-state index contributed by atoms with van der Waals surface area (Å²) >= 11 is 0. The van der Waals surface area contributed by atoms with Gasteiger partial charge in [0.2, 0.25) is 0 Å². The smallest absolute Gasteiger partial charge is 0.161 e. The van der Waals surface area contributed by atoms with Gasteiger partial charge in [0.1, 0.15) is 5.60 Å². The second kappa shape index (κ2) is 5.99. The zero-order chi connectivity index (χ0) is 13.8. The molecule has 0 saturated carbocycles. The highest BCUT2D eigenvalue weighted by Crippen LogP contribution is 2.30. The van der Waals surface area contributed by atoms with Gasteiger partial charge in [0.25, 0.3) is 0 Å². The molecule has 2 aliphatic rings. The van der Waals surface area contributed by atoms with E-state index in [9.17, 15) is 5.11 Å². The molecule has 5 nitrogen and oxygen atoms in total. The maximum absolute atomic E-state index is 10.2. The minimum absolute atomic E-state index is 0.418. The molecule has 3 rings (SSSR count). The van der Waals surface area contributed by atoms with Crippen molar-refractivity contribution in [2.75, 3.05) is 33.0 Å². The van der Waals surface area contributed by atoms with Crippen molar-refractivity contribution < 1.29 is 19.3 Å². The van der Waals surface area contributed by atoms with Crippen LogP contribution in [-0.2, 0) is 11.3 Å². The Morgan fingerprint density at radius 2 is 2.00 bits per heavy atom. The highest BCUT2D eigenvalue weighted by atomic mass is 16.5.